The third-order valence-corrected chi connectivity index (χ3v) is 19.6. The molecule has 0 amide bonds. The van der Waals surface area contributed by atoms with Crippen LogP contribution in [0, 0.1) is 0 Å². The number of allylic oxidation sites excluding steroid dienone is 6. The molecule has 0 rings (SSSR count). The number of esters is 4. The van der Waals surface area contributed by atoms with Crippen molar-refractivity contribution in [1.29, 1.82) is 0 Å². The quantitative estimate of drug-likeness (QED) is 0.0169. The minimum Gasteiger partial charge on any atom is -0.462 e. The number of aliphatic hydroxyl groups is 1. The molecule has 0 saturated heterocycles. The number of phosphoric acid groups is 2. The van der Waals surface area contributed by atoms with Crippen molar-refractivity contribution in [3.05, 3.63) is 36.5 Å². The van der Waals surface area contributed by atoms with Gasteiger partial charge in [-0.15, -0.1) is 0 Å². The molecular weight excluding hydrogens is 1280 g/mol. The van der Waals surface area contributed by atoms with E-state index in [0.29, 0.717) is 25.7 Å². The van der Waals surface area contributed by atoms with E-state index in [9.17, 15) is 43.2 Å². The van der Waals surface area contributed by atoms with Crippen LogP contribution in [0.15, 0.2) is 36.5 Å². The Balaban J connectivity index is 5.30. The SMILES string of the molecule is CC/C=C\C/C=C\C/C=C\CCCCCCCC(=O)OCC(COP(=O)(O)OCC(O)COP(=O)(O)OCC(COC(=O)CCCCCCCCCCCCCCCCC)OC(=O)CCCCCCCCCCCCCCC)OC(=O)CCCCCCCCCCCCCCCCC. The Labute approximate surface area is 598 Å². The van der Waals surface area contributed by atoms with Crippen LogP contribution in [0.5, 0.6) is 0 Å². The van der Waals surface area contributed by atoms with Gasteiger partial charge in [0.15, 0.2) is 12.2 Å². The topological polar surface area (TPSA) is 237 Å². The van der Waals surface area contributed by atoms with Gasteiger partial charge >= 0.3 is 39.5 Å². The highest BCUT2D eigenvalue weighted by molar-refractivity contribution is 7.47. The Bertz CT molecular complexity index is 2000. The predicted molar refractivity (Wildman–Crippen MR) is 400 cm³/mol. The van der Waals surface area contributed by atoms with Gasteiger partial charge in [-0.1, -0.05) is 340 Å². The molecule has 98 heavy (non-hydrogen) atoms. The Hall–Kier alpha value is -2.72. The van der Waals surface area contributed by atoms with Crippen LogP contribution in [-0.4, -0.2) is 96.7 Å². The van der Waals surface area contributed by atoms with Gasteiger partial charge in [0.2, 0.25) is 0 Å². The minimum absolute atomic E-state index is 0.1000. The third kappa shape index (κ3) is 71.7. The van der Waals surface area contributed by atoms with Gasteiger partial charge in [-0.05, 0) is 57.8 Å². The van der Waals surface area contributed by atoms with E-state index in [2.05, 4.69) is 64.2 Å². The Morgan fingerprint density at radius 3 is 0.816 bits per heavy atom. The first-order valence-electron chi connectivity index (χ1n) is 40.2. The second-order valence-corrected chi connectivity index (χ2v) is 30.3. The molecule has 0 aliphatic rings. The molecule has 0 aliphatic carbocycles. The van der Waals surface area contributed by atoms with Gasteiger partial charge in [0.1, 0.15) is 19.3 Å². The van der Waals surface area contributed by atoms with Gasteiger partial charge in [-0.2, -0.15) is 0 Å². The zero-order valence-corrected chi connectivity index (χ0v) is 64.8. The maximum Gasteiger partial charge on any atom is 0.472 e. The second-order valence-electron chi connectivity index (χ2n) is 27.4. The van der Waals surface area contributed by atoms with Crippen molar-refractivity contribution in [1.82, 2.24) is 0 Å². The fraction of sp³-hybridized carbons (Fsp3) is 0.873. The summed E-state index contributed by atoms with van der Waals surface area (Å²) in [6.45, 7) is 4.85. The lowest BCUT2D eigenvalue weighted by molar-refractivity contribution is -0.161. The summed E-state index contributed by atoms with van der Waals surface area (Å²) in [5.41, 5.74) is 0. The molecule has 0 radical (unpaired) electrons. The van der Waals surface area contributed by atoms with Crippen molar-refractivity contribution in [3.63, 3.8) is 0 Å². The van der Waals surface area contributed by atoms with E-state index in [4.69, 9.17) is 37.0 Å². The van der Waals surface area contributed by atoms with E-state index in [-0.39, 0.29) is 25.7 Å². The van der Waals surface area contributed by atoms with Crippen LogP contribution in [0.2, 0.25) is 0 Å². The van der Waals surface area contributed by atoms with Crippen molar-refractivity contribution in [2.75, 3.05) is 39.6 Å². The molecule has 0 bridgehead atoms. The first-order valence-corrected chi connectivity index (χ1v) is 43.2. The van der Waals surface area contributed by atoms with Crippen LogP contribution in [0.4, 0.5) is 0 Å². The lowest BCUT2D eigenvalue weighted by Crippen LogP contribution is -2.30. The van der Waals surface area contributed by atoms with E-state index in [0.717, 1.165) is 122 Å². The van der Waals surface area contributed by atoms with E-state index >= 15 is 0 Å². The zero-order chi connectivity index (χ0) is 71.8. The van der Waals surface area contributed by atoms with E-state index in [1.54, 1.807) is 0 Å². The first kappa shape index (κ1) is 95.3. The van der Waals surface area contributed by atoms with Gasteiger partial charge in [-0.3, -0.25) is 37.3 Å². The van der Waals surface area contributed by atoms with Crippen LogP contribution < -0.4 is 0 Å². The maximum atomic E-state index is 13.1. The normalized spacial score (nSPS) is 14.1. The molecule has 0 heterocycles. The van der Waals surface area contributed by atoms with Crippen molar-refractivity contribution in [2.24, 2.45) is 0 Å². The molecule has 0 spiro atoms. The standard InChI is InChI=1S/C79H148O17P2/c1-5-9-13-17-21-25-29-33-36-40-43-47-51-55-59-63-76(81)89-69-74(95-78(83)65-61-57-53-49-45-39-32-28-24-20-16-12-8-4)71-93-97(85,86)91-67-73(80)68-92-98(87,88)94-72-75(96-79(84)66-62-58-54-50-46-42-38-35-31-27-23-19-15-11-7-3)70-90-77(82)64-60-56-52-48-44-41-37-34-30-26-22-18-14-10-6-2/h10,14,22,26,34,37,73-75,80H,5-9,11-13,15-21,23-25,27-33,35-36,38-72H2,1-4H3,(H,85,86)(H,87,88)/b14-10-,26-22-,37-34-. The molecule has 0 aromatic carbocycles. The molecule has 0 saturated carbocycles. The highest BCUT2D eigenvalue weighted by Crippen LogP contribution is 2.45. The van der Waals surface area contributed by atoms with Gasteiger partial charge < -0.3 is 33.8 Å². The minimum atomic E-state index is -4.97. The van der Waals surface area contributed by atoms with Crippen LogP contribution >= 0.6 is 15.6 Å². The Morgan fingerprint density at radius 1 is 0.296 bits per heavy atom. The van der Waals surface area contributed by atoms with E-state index in [1.165, 1.54) is 186 Å². The molecule has 19 heteroatoms. The lowest BCUT2D eigenvalue weighted by Gasteiger charge is -2.21. The number of hydrogen-bond acceptors (Lipinski definition) is 15. The summed E-state index contributed by atoms with van der Waals surface area (Å²) in [6, 6.07) is 0. The summed E-state index contributed by atoms with van der Waals surface area (Å²) in [7, 11) is -9.93. The van der Waals surface area contributed by atoms with Crippen molar-refractivity contribution < 1.29 is 80.2 Å². The molecule has 5 unspecified atom stereocenters. The molecule has 0 aliphatic heterocycles. The number of ether oxygens (including phenoxy) is 4. The molecule has 0 aromatic rings. The fourth-order valence-corrected chi connectivity index (χ4v) is 13.1. The molecule has 3 N–H and O–H groups in total. The summed E-state index contributed by atoms with van der Waals surface area (Å²) in [5, 5.41) is 10.6. The predicted octanol–water partition coefficient (Wildman–Crippen LogP) is 23.1. The number of phosphoric ester groups is 2. The summed E-state index contributed by atoms with van der Waals surface area (Å²) in [4.78, 5) is 73.0. The van der Waals surface area contributed by atoms with E-state index < -0.39 is 97.5 Å². The first-order chi connectivity index (χ1) is 47.7. The zero-order valence-electron chi connectivity index (χ0n) is 63.0. The lowest BCUT2D eigenvalue weighted by atomic mass is 10.0. The molecule has 5 atom stereocenters. The molecule has 0 fully saturated rings. The number of unbranched alkanes of at least 4 members (excludes halogenated alkanes) is 45. The number of aliphatic hydroxyl groups excluding tert-OH is 1. The second kappa shape index (κ2) is 72.6. The Kier molecular flexibility index (Phi) is 70.6. The average molecular weight is 1430 g/mol. The molecular formula is C79H148O17P2. The highest BCUT2D eigenvalue weighted by Gasteiger charge is 2.30. The summed E-state index contributed by atoms with van der Waals surface area (Å²) >= 11 is 0. The number of carbonyl (C=O) groups excluding carboxylic acids is 4. The fourth-order valence-electron chi connectivity index (χ4n) is 11.5. The summed E-state index contributed by atoms with van der Waals surface area (Å²) < 4.78 is 68.6. The van der Waals surface area contributed by atoms with Crippen LogP contribution in [0.25, 0.3) is 0 Å². The maximum absolute atomic E-state index is 13.1. The van der Waals surface area contributed by atoms with Gasteiger partial charge in [0.05, 0.1) is 26.4 Å². The van der Waals surface area contributed by atoms with Crippen LogP contribution in [0.3, 0.4) is 0 Å². The van der Waals surface area contributed by atoms with Crippen LogP contribution in [0.1, 0.15) is 387 Å². The summed E-state index contributed by atoms with van der Waals surface area (Å²) in [5.74, 6) is -2.14. The summed E-state index contributed by atoms with van der Waals surface area (Å²) in [6.07, 6.45) is 68.3. The average Bonchev–Trinajstić information content (AvgIpc) is 1.04. The van der Waals surface area contributed by atoms with Gasteiger partial charge in [0, 0.05) is 25.7 Å². The van der Waals surface area contributed by atoms with Crippen molar-refractivity contribution >= 4 is 39.5 Å². The van der Waals surface area contributed by atoms with E-state index in [1.807, 2.05) is 0 Å². The molecule has 576 valence electrons. The largest absolute Gasteiger partial charge is 0.472 e. The monoisotopic (exact) mass is 1430 g/mol. The van der Waals surface area contributed by atoms with Crippen molar-refractivity contribution in [3.8, 4) is 0 Å². The van der Waals surface area contributed by atoms with Crippen LogP contribution in [-0.2, 0) is 65.4 Å². The molecule has 0 aromatic heterocycles. The number of hydrogen-bond donors (Lipinski definition) is 3. The Morgan fingerprint density at radius 2 is 0.531 bits per heavy atom. The molecule has 17 nitrogen and oxygen atoms in total. The third-order valence-electron chi connectivity index (χ3n) is 17.6. The highest BCUT2D eigenvalue weighted by atomic mass is 31.2. The van der Waals surface area contributed by atoms with Gasteiger partial charge in [-0.25, -0.2) is 9.13 Å². The van der Waals surface area contributed by atoms with Gasteiger partial charge in [0.25, 0.3) is 0 Å². The number of rotatable bonds is 77. The smallest absolute Gasteiger partial charge is 0.462 e. The number of carbonyl (C=O) groups is 4. The van der Waals surface area contributed by atoms with Crippen molar-refractivity contribution in [2.45, 2.75) is 406 Å².